The highest BCUT2D eigenvalue weighted by Crippen LogP contribution is 2.33. The predicted molar refractivity (Wildman–Crippen MR) is 116 cm³/mol. The molecule has 2 aromatic rings. The summed E-state index contributed by atoms with van der Waals surface area (Å²) in [7, 11) is 1.58. The van der Waals surface area contributed by atoms with Crippen LogP contribution in [0.25, 0.3) is 0 Å². The number of methoxy groups -OCH3 is 1. The molecule has 2 unspecified atom stereocenters. The van der Waals surface area contributed by atoms with Gasteiger partial charge in [0.2, 0.25) is 5.88 Å². The third-order valence-corrected chi connectivity index (χ3v) is 5.44. The van der Waals surface area contributed by atoms with Crippen molar-refractivity contribution in [2.45, 2.75) is 38.3 Å². The van der Waals surface area contributed by atoms with Crippen LogP contribution in [0.1, 0.15) is 36.5 Å². The van der Waals surface area contributed by atoms with Gasteiger partial charge in [0.05, 0.1) is 12.2 Å². The standard InChI is InChI=1S/C21H29FN6O3/c1-3-17(13-4-5-16(13)23)27-21-15(22)11-14(19(24)29)20(28-21)26-12-6-7-25-18(10-12)31-9-8-30-2/h6-7,10-11,13,16-17H,3-5,8-9,23H2,1-2H3,(H2,24,29)(H2,25,26,27,28)/t13?,16?,17-/m1/s1. The van der Waals surface area contributed by atoms with E-state index in [4.69, 9.17) is 20.9 Å². The van der Waals surface area contributed by atoms with Crippen LogP contribution in [0.3, 0.4) is 0 Å². The summed E-state index contributed by atoms with van der Waals surface area (Å²) in [6.45, 7) is 2.77. The van der Waals surface area contributed by atoms with Crippen molar-refractivity contribution in [3.63, 3.8) is 0 Å². The number of nitrogens with one attached hydrogen (secondary N) is 2. The highest BCUT2D eigenvalue weighted by Gasteiger charge is 2.34. The molecule has 6 N–H and O–H groups in total. The smallest absolute Gasteiger partial charge is 0.252 e. The quantitative estimate of drug-likeness (QED) is 0.397. The molecule has 2 heterocycles. The van der Waals surface area contributed by atoms with E-state index in [-0.39, 0.29) is 35.2 Å². The van der Waals surface area contributed by atoms with Crippen LogP contribution < -0.4 is 26.8 Å². The van der Waals surface area contributed by atoms with E-state index in [1.54, 1.807) is 25.4 Å². The number of hydrogen-bond donors (Lipinski definition) is 4. The molecule has 0 aromatic carbocycles. The second kappa shape index (κ2) is 10.4. The number of pyridine rings is 2. The maximum Gasteiger partial charge on any atom is 0.252 e. The van der Waals surface area contributed by atoms with Gasteiger partial charge in [0.15, 0.2) is 11.6 Å². The molecule has 1 fully saturated rings. The molecule has 31 heavy (non-hydrogen) atoms. The summed E-state index contributed by atoms with van der Waals surface area (Å²) in [6, 6.07) is 4.48. The van der Waals surface area contributed by atoms with Crippen LogP contribution in [0.4, 0.5) is 21.7 Å². The number of carbonyl (C=O) groups is 1. The van der Waals surface area contributed by atoms with Crippen LogP contribution >= 0.6 is 0 Å². The third-order valence-electron chi connectivity index (χ3n) is 5.44. The number of anilines is 3. The lowest BCUT2D eigenvalue weighted by Crippen LogP contribution is -2.48. The van der Waals surface area contributed by atoms with Gasteiger partial charge in [0, 0.05) is 37.1 Å². The average Bonchev–Trinajstić information content (AvgIpc) is 2.74. The van der Waals surface area contributed by atoms with Gasteiger partial charge < -0.3 is 31.6 Å². The van der Waals surface area contributed by atoms with Crippen molar-refractivity contribution in [3.05, 3.63) is 35.8 Å². The zero-order valence-corrected chi connectivity index (χ0v) is 17.7. The van der Waals surface area contributed by atoms with Gasteiger partial charge in [-0.25, -0.2) is 14.4 Å². The first kappa shape index (κ1) is 22.7. The molecule has 0 spiro atoms. The van der Waals surface area contributed by atoms with Gasteiger partial charge in [0.1, 0.15) is 12.4 Å². The number of nitrogens with two attached hydrogens (primary N) is 2. The fourth-order valence-corrected chi connectivity index (χ4v) is 3.54. The molecule has 9 nitrogen and oxygen atoms in total. The summed E-state index contributed by atoms with van der Waals surface area (Å²) < 4.78 is 25.2. The Bertz CT molecular complexity index is 913. The Hall–Kier alpha value is -2.98. The number of primary amides is 1. The van der Waals surface area contributed by atoms with E-state index in [2.05, 4.69) is 20.6 Å². The van der Waals surface area contributed by atoms with Crippen molar-refractivity contribution in [1.29, 1.82) is 0 Å². The van der Waals surface area contributed by atoms with Crippen LogP contribution in [-0.2, 0) is 4.74 Å². The van der Waals surface area contributed by atoms with Crippen molar-refractivity contribution in [1.82, 2.24) is 9.97 Å². The van der Waals surface area contributed by atoms with E-state index >= 15 is 0 Å². The van der Waals surface area contributed by atoms with Gasteiger partial charge in [-0.05, 0) is 37.3 Å². The number of rotatable bonds is 11. The molecular weight excluding hydrogens is 403 g/mol. The fraction of sp³-hybridized carbons (Fsp3) is 0.476. The summed E-state index contributed by atoms with van der Waals surface area (Å²) in [5.74, 6) is -0.635. The first-order valence-electron chi connectivity index (χ1n) is 10.3. The molecule has 2 aromatic heterocycles. The molecule has 168 valence electrons. The van der Waals surface area contributed by atoms with Gasteiger partial charge in [-0.3, -0.25) is 4.79 Å². The monoisotopic (exact) mass is 432 g/mol. The second-order valence-corrected chi connectivity index (χ2v) is 7.49. The Kier molecular flexibility index (Phi) is 7.59. The predicted octanol–water partition coefficient (Wildman–Crippen LogP) is 2.41. The first-order valence-corrected chi connectivity index (χ1v) is 10.3. The number of carbonyl (C=O) groups excluding carboxylic acids is 1. The van der Waals surface area contributed by atoms with Crippen LogP contribution in [0, 0.1) is 11.7 Å². The Balaban J connectivity index is 1.84. The molecule has 0 bridgehead atoms. The maximum absolute atomic E-state index is 14.7. The Morgan fingerprint density at radius 3 is 2.74 bits per heavy atom. The minimum absolute atomic E-state index is 0.0141. The van der Waals surface area contributed by atoms with Gasteiger partial charge in [0.25, 0.3) is 5.91 Å². The van der Waals surface area contributed by atoms with Crippen molar-refractivity contribution < 1.29 is 18.7 Å². The summed E-state index contributed by atoms with van der Waals surface area (Å²) >= 11 is 0. The number of hydrogen-bond acceptors (Lipinski definition) is 8. The lowest BCUT2D eigenvalue weighted by Gasteiger charge is -2.40. The van der Waals surface area contributed by atoms with Crippen LogP contribution in [0.15, 0.2) is 24.4 Å². The van der Waals surface area contributed by atoms with E-state index in [0.29, 0.717) is 24.8 Å². The van der Waals surface area contributed by atoms with Gasteiger partial charge in [-0.1, -0.05) is 6.92 Å². The second-order valence-electron chi connectivity index (χ2n) is 7.49. The van der Waals surface area contributed by atoms with E-state index in [0.717, 1.165) is 25.3 Å². The molecule has 0 aliphatic heterocycles. The highest BCUT2D eigenvalue weighted by atomic mass is 19.1. The molecule has 3 rings (SSSR count). The maximum atomic E-state index is 14.7. The zero-order valence-electron chi connectivity index (χ0n) is 17.7. The molecule has 1 amide bonds. The summed E-state index contributed by atoms with van der Waals surface area (Å²) in [4.78, 5) is 20.3. The molecule has 10 heteroatoms. The largest absolute Gasteiger partial charge is 0.475 e. The Morgan fingerprint density at radius 2 is 2.13 bits per heavy atom. The minimum Gasteiger partial charge on any atom is -0.475 e. The van der Waals surface area contributed by atoms with Crippen LogP contribution in [0.2, 0.25) is 0 Å². The number of ether oxygens (including phenoxy) is 2. The summed E-state index contributed by atoms with van der Waals surface area (Å²) in [5.41, 5.74) is 12.0. The van der Waals surface area contributed by atoms with E-state index < -0.39 is 11.7 Å². The molecular formula is C21H29FN6O3. The first-order chi connectivity index (χ1) is 14.9. The Morgan fingerprint density at radius 1 is 1.32 bits per heavy atom. The highest BCUT2D eigenvalue weighted by molar-refractivity contribution is 5.98. The van der Waals surface area contributed by atoms with Gasteiger partial charge >= 0.3 is 0 Å². The fourth-order valence-electron chi connectivity index (χ4n) is 3.54. The van der Waals surface area contributed by atoms with E-state index in [1.165, 1.54) is 0 Å². The molecule has 0 saturated heterocycles. The van der Waals surface area contributed by atoms with Crippen LogP contribution in [-0.4, -0.2) is 48.3 Å². The lowest BCUT2D eigenvalue weighted by atomic mass is 9.74. The van der Waals surface area contributed by atoms with Crippen molar-refractivity contribution >= 4 is 23.2 Å². The molecule has 3 atom stereocenters. The summed E-state index contributed by atoms with van der Waals surface area (Å²) in [6.07, 6.45) is 4.26. The van der Waals surface area contributed by atoms with E-state index in [9.17, 15) is 9.18 Å². The molecule has 0 radical (unpaired) electrons. The minimum atomic E-state index is -0.792. The molecule has 1 aliphatic rings. The van der Waals surface area contributed by atoms with Crippen molar-refractivity contribution in [2.75, 3.05) is 31.0 Å². The van der Waals surface area contributed by atoms with Gasteiger partial charge in [-0.15, -0.1) is 0 Å². The Labute approximate surface area is 180 Å². The number of amides is 1. The normalized spacial score (nSPS) is 18.7. The SMILES string of the molecule is CC[C@@H](Nc1nc(Nc2ccnc(OCCOC)c2)c(C(N)=O)cc1F)C1CCC1N. The van der Waals surface area contributed by atoms with Crippen molar-refractivity contribution in [3.8, 4) is 5.88 Å². The third kappa shape index (κ3) is 5.59. The lowest BCUT2D eigenvalue weighted by molar-refractivity contribution is 0.100. The van der Waals surface area contributed by atoms with Gasteiger partial charge in [-0.2, -0.15) is 0 Å². The molecule has 1 saturated carbocycles. The number of nitrogens with zero attached hydrogens (tertiary/aromatic N) is 2. The van der Waals surface area contributed by atoms with Crippen molar-refractivity contribution in [2.24, 2.45) is 17.4 Å². The van der Waals surface area contributed by atoms with E-state index in [1.807, 2.05) is 6.92 Å². The summed E-state index contributed by atoms with van der Waals surface area (Å²) in [5, 5.41) is 6.17. The molecule has 1 aliphatic carbocycles. The zero-order chi connectivity index (χ0) is 22.4. The average molecular weight is 433 g/mol. The number of halogens is 1. The number of aromatic nitrogens is 2. The van der Waals surface area contributed by atoms with Crippen LogP contribution in [0.5, 0.6) is 5.88 Å². The topological polar surface area (TPSA) is 137 Å².